The molecule has 0 saturated carbocycles. The topological polar surface area (TPSA) is 76.3 Å². The Labute approximate surface area is 101 Å². The Kier molecular flexibility index (Phi) is 3.17. The Morgan fingerprint density at radius 1 is 1.41 bits per heavy atom. The van der Waals surface area contributed by atoms with E-state index in [9.17, 15) is 8.42 Å². The van der Waals surface area contributed by atoms with Crippen molar-refractivity contribution in [1.82, 2.24) is 9.29 Å². The van der Waals surface area contributed by atoms with Gasteiger partial charge < -0.3 is 5.73 Å². The van der Waals surface area contributed by atoms with E-state index in [1.165, 1.54) is 22.6 Å². The average Bonchev–Trinajstić information content (AvgIpc) is 2.29. The van der Waals surface area contributed by atoms with E-state index < -0.39 is 10.0 Å². The summed E-state index contributed by atoms with van der Waals surface area (Å²) in [6, 6.07) is 2.99. The Morgan fingerprint density at radius 2 is 2.18 bits per heavy atom. The first kappa shape index (κ1) is 12.1. The fourth-order valence-electron chi connectivity index (χ4n) is 1.78. The molecule has 2 N–H and O–H groups in total. The molecule has 0 fully saturated rings. The molecule has 0 aliphatic carbocycles. The number of anilines is 1. The number of nitrogens with two attached hydrogens (primary N) is 1. The molecule has 92 valence electrons. The Hall–Kier alpha value is -1.40. The third-order valence-corrected chi connectivity index (χ3v) is 4.52. The quantitative estimate of drug-likeness (QED) is 0.798. The number of hydrogen-bond acceptors (Lipinski definition) is 4. The zero-order chi connectivity index (χ0) is 12.5. The minimum atomic E-state index is -3.44. The van der Waals surface area contributed by atoms with E-state index in [2.05, 4.69) is 11.1 Å². The molecule has 2 heterocycles. The second-order valence-electron chi connectivity index (χ2n) is 4.10. The van der Waals surface area contributed by atoms with Crippen LogP contribution in [0.25, 0.3) is 0 Å². The number of aromatic nitrogens is 1. The molecule has 0 aromatic carbocycles. The van der Waals surface area contributed by atoms with Gasteiger partial charge in [-0.3, -0.25) is 0 Å². The molecule has 1 aliphatic heterocycles. The van der Waals surface area contributed by atoms with Gasteiger partial charge in [0.1, 0.15) is 10.7 Å². The van der Waals surface area contributed by atoms with Crippen molar-refractivity contribution < 1.29 is 8.42 Å². The average molecular weight is 253 g/mol. The normalized spacial score (nSPS) is 17.8. The molecule has 0 saturated heterocycles. The van der Waals surface area contributed by atoms with E-state index >= 15 is 0 Å². The number of nitrogen functional groups attached to an aromatic ring is 1. The lowest BCUT2D eigenvalue weighted by Gasteiger charge is -2.25. The van der Waals surface area contributed by atoms with Crippen molar-refractivity contribution >= 4 is 15.8 Å². The molecule has 1 aromatic heterocycles. The maximum Gasteiger partial charge on any atom is 0.244 e. The smallest absolute Gasteiger partial charge is 0.244 e. The van der Waals surface area contributed by atoms with Crippen LogP contribution in [0.5, 0.6) is 0 Å². The highest BCUT2D eigenvalue weighted by molar-refractivity contribution is 7.89. The number of nitrogens with zero attached hydrogens (tertiary/aromatic N) is 2. The first-order valence-corrected chi connectivity index (χ1v) is 6.81. The van der Waals surface area contributed by atoms with Crippen LogP contribution in [0.2, 0.25) is 0 Å². The van der Waals surface area contributed by atoms with Gasteiger partial charge in [0.15, 0.2) is 0 Å². The van der Waals surface area contributed by atoms with E-state index in [1.807, 2.05) is 6.92 Å². The summed E-state index contributed by atoms with van der Waals surface area (Å²) in [5, 5.41) is 0. The molecular formula is C11H15N3O2S. The maximum absolute atomic E-state index is 12.3. The molecule has 0 amide bonds. The van der Waals surface area contributed by atoms with E-state index in [1.54, 1.807) is 0 Å². The van der Waals surface area contributed by atoms with Crippen LogP contribution in [0.3, 0.4) is 0 Å². The summed E-state index contributed by atoms with van der Waals surface area (Å²) in [7, 11) is -3.44. The standard InChI is InChI=1S/C11H15N3O2S/c1-9-3-2-6-14(8-9)17(15,16)10-4-5-11(12)13-7-10/h3-5,7H,2,6,8H2,1H3,(H2,12,13). The van der Waals surface area contributed by atoms with Crippen molar-refractivity contribution in [3.63, 3.8) is 0 Å². The van der Waals surface area contributed by atoms with Gasteiger partial charge in [0.05, 0.1) is 0 Å². The Balaban J connectivity index is 2.30. The molecular weight excluding hydrogens is 238 g/mol. The summed E-state index contributed by atoms with van der Waals surface area (Å²) in [4.78, 5) is 4.01. The maximum atomic E-state index is 12.3. The zero-order valence-electron chi connectivity index (χ0n) is 9.63. The van der Waals surface area contributed by atoms with Crippen LogP contribution in [0.15, 0.2) is 34.9 Å². The number of sulfonamides is 1. The highest BCUT2D eigenvalue weighted by Gasteiger charge is 2.25. The van der Waals surface area contributed by atoms with Crippen LogP contribution >= 0.6 is 0 Å². The number of rotatable bonds is 2. The lowest BCUT2D eigenvalue weighted by molar-refractivity contribution is 0.427. The molecule has 2 rings (SSSR count). The summed E-state index contributed by atoms with van der Waals surface area (Å²) >= 11 is 0. The third kappa shape index (κ3) is 2.48. The lowest BCUT2D eigenvalue weighted by atomic mass is 10.2. The Bertz CT molecular complexity index is 534. The van der Waals surface area contributed by atoms with Gasteiger partial charge in [0, 0.05) is 19.3 Å². The van der Waals surface area contributed by atoms with Gasteiger partial charge in [-0.1, -0.05) is 11.6 Å². The third-order valence-electron chi connectivity index (χ3n) is 2.69. The predicted molar refractivity (Wildman–Crippen MR) is 65.8 cm³/mol. The first-order chi connectivity index (χ1) is 8.00. The molecule has 0 unspecified atom stereocenters. The van der Waals surface area contributed by atoms with Gasteiger partial charge in [-0.15, -0.1) is 0 Å². The van der Waals surface area contributed by atoms with Gasteiger partial charge in [0.25, 0.3) is 0 Å². The molecule has 1 aromatic rings. The van der Waals surface area contributed by atoms with Gasteiger partial charge in [-0.2, -0.15) is 4.31 Å². The van der Waals surface area contributed by atoms with Crippen LogP contribution < -0.4 is 5.73 Å². The van der Waals surface area contributed by atoms with E-state index in [0.717, 1.165) is 12.0 Å². The first-order valence-electron chi connectivity index (χ1n) is 5.37. The molecule has 17 heavy (non-hydrogen) atoms. The molecule has 0 atom stereocenters. The molecule has 5 nitrogen and oxygen atoms in total. The van der Waals surface area contributed by atoms with Crippen LogP contribution in [0.1, 0.15) is 13.3 Å². The SMILES string of the molecule is CC1=CCCN(S(=O)(=O)c2ccc(N)nc2)C1. The molecule has 1 aliphatic rings. The largest absolute Gasteiger partial charge is 0.384 e. The van der Waals surface area contributed by atoms with Crippen LogP contribution in [-0.4, -0.2) is 30.8 Å². The Morgan fingerprint density at radius 3 is 2.76 bits per heavy atom. The predicted octanol–water partition coefficient (Wildman–Crippen LogP) is 1.00. The highest BCUT2D eigenvalue weighted by Crippen LogP contribution is 2.20. The minimum absolute atomic E-state index is 0.196. The zero-order valence-corrected chi connectivity index (χ0v) is 10.4. The highest BCUT2D eigenvalue weighted by atomic mass is 32.2. The fraction of sp³-hybridized carbons (Fsp3) is 0.364. The van der Waals surface area contributed by atoms with Crippen LogP contribution in [0, 0.1) is 0 Å². The van der Waals surface area contributed by atoms with Crippen molar-refractivity contribution in [2.24, 2.45) is 0 Å². The van der Waals surface area contributed by atoms with Gasteiger partial charge in [-0.05, 0) is 25.5 Å². The molecule has 0 spiro atoms. The molecule has 0 bridgehead atoms. The van der Waals surface area contributed by atoms with Crippen molar-refractivity contribution in [3.05, 3.63) is 30.0 Å². The summed E-state index contributed by atoms with van der Waals surface area (Å²) in [6.07, 6.45) is 4.12. The van der Waals surface area contributed by atoms with Crippen molar-refractivity contribution in [2.45, 2.75) is 18.2 Å². The van der Waals surface area contributed by atoms with E-state index in [0.29, 0.717) is 18.9 Å². The fourth-order valence-corrected chi connectivity index (χ4v) is 3.22. The number of pyridine rings is 1. The summed E-state index contributed by atoms with van der Waals surface area (Å²) in [6.45, 7) is 2.90. The van der Waals surface area contributed by atoms with Gasteiger partial charge in [0.2, 0.25) is 10.0 Å². The summed E-state index contributed by atoms with van der Waals surface area (Å²) in [5.74, 6) is 0.318. The van der Waals surface area contributed by atoms with Crippen molar-refractivity contribution in [1.29, 1.82) is 0 Å². The minimum Gasteiger partial charge on any atom is -0.384 e. The molecule has 6 heteroatoms. The van der Waals surface area contributed by atoms with E-state index in [-0.39, 0.29) is 4.90 Å². The van der Waals surface area contributed by atoms with Crippen LogP contribution in [0.4, 0.5) is 5.82 Å². The monoisotopic (exact) mass is 253 g/mol. The van der Waals surface area contributed by atoms with Crippen LogP contribution in [-0.2, 0) is 10.0 Å². The van der Waals surface area contributed by atoms with Gasteiger partial charge in [-0.25, -0.2) is 13.4 Å². The second kappa shape index (κ2) is 4.46. The van der Waals surface area contributed by atoms with Gasteiger partial charge >= 0.3 is 0 Å². The van der Waals surface area contributed by atoms with Crippen molar-refractivity contribution in [2.75, 3.05) is 18.8 Å². The summed E-state index contributed by atoms with van der Waals surface area (Å²) in [5.41, 5.74) is 6.51. The van der Waals surface area contributed by atoms with E-state index in [4.69, 9.17) is 5.73 Å². The lowest BCUT2D eigenvalue weighted by Crippen LogP contribution is -2.35. The molecule has 0 radical (unpaired) electrons. The second-order valence-corrected chi connectivity index (χ2v) is 6.03. The van der Waals surface area contributed by atoms with Crippen molar-refractivity contribution in [3.8, 4) is 0 Å². The summed E-state index contributed by atoms with van der Waals surface area (Å²) < 4.78 is 26.0. The number of hydrogen-bond donors (Lipinski definition) is 1.